The molecular formula is C11H10F3NO. The number of carbonyl (C=O) groups is 1. The molecule has 1 aliphatic rings. The molecule has 5 heteroatoms. The van der Waals surface area contributed by atoms with E-state index in [1.165, 1.54) is 0 Å². The minimum Gasteiger partial charge on any atom is -0.345 e. The SMILES string of the molecule is O=C(N[C@@H]1C[C@H]1c1ccccc1)C(F)(F)F. The van der Waals surface area contributed by atoms with Crippen LogP contribution in [0.3, 0.4) is 0 Å². The molecule has 1 N–H and O–H groups in total. The Kier molecular flexibility index (Phi) is 2.61. The lowest BCUT2D eigenvalue weighted by Crippen LogP contribution is -2.38. The molecule has 0 heterocycles. The van der Waals surface area contributed by atoms with Crippen LogP contribution in [0.25, 0.3) is 0 Å². The van der Waals surface area contributed by atoms with Crippen LogP contribution in [0.5, 0.6) is 0 Å². The summed E-state index contributed by atoms with van der Waals surface area (Å²) < 4.78 is 35.9. The normalized spacial score (nSPS) is 23.9. The van der Waals surface area contributed by atoms with Gasteiger partial charge in [0.05, 0.1) is 0 Å². The van der Waals surface area contributed by atoms with E-state index >= 15 is 0 Å². The Morgan fingerprint density at radius 2 is 1.88 bits per heavy atom. The molecule has 86 valence electrons. The molecule has 0 unspecified atom stereocenters. The summed E-state index contributed by atoms with van der Waals surface area (Å²) >= 11 is 0. The van der Waals surface area contributed by atoms with Crippen LogP contribution >= 0.6 is 0 Å². The Labute approximate surface area is 90.5 Å². The number of halogens is 3. The topological polar surface area (TPSA) is 29.1 Å². The fourth-order valence-electron chi connectivity index (χ4n) is 1.67. The molecule has 2 atom stereocenters. The van der Waals surface area contributed by atoms with Gasteiger partial charge in [0.25, 0.3) is 0 Å². The van der Waals surface area contributed by atoms with Crippen molar-refractivity contribution in [3.8, 4) is 0 Å². The first-order valence-corrected chi connectivity index (χ1v) is 4.91. The van der Waals surface area contributed by atoms with Gasteiger partial charge in [0.15, 0.2) is 0 Å². The molecule has 1 aromatic carbocycles. The van der Waals surface area contributed by atoms with Crippen molar-refractivity contribution in [2.24, 2.45) is 0 Å². The molecule has 0 saturated heterocycles. The maximum absolute atomic E-state index is 12.0. The average Bonchev–Trinajstić information content (AvgIpc) is 2.97. The molecule has 0 bridgehead atoms. The third-order valence-corrected chi connectivity index (χ3v) is 2.59. The van der Waals surface area contributed by atoms with Gasteiger partial charge in [-0.3, -0.25) is 4.79 Å². The molecule has 1 aliphatic carbocycles. The average molecular weight is 229 g/mol. The van der Waals surface area contributed by atoms with E-state index in [-0.39, 0.29) is 12.0 Å². The number of amides is 1. The molecule has 0 spiro atoms. The Hall–Kier alpha value is -1.52. The van der Waals surface area contributed by atoms with Crippen LogP contribution in [0, 0.1) is 0 Å². The van der Waals surface area contributed by atoms with Crippen LogP contribution in [-0.2, 0) is 4.79 Å². The third kappa shape index (κ3) is 2.35. The van der Waals surface area contributed by atoms with Crippen LogP contribution in [-0.4, -0.2) is 18.1 Å². The first-order valence-electron chi connectivity index (χ1n) is 4.91. The summed E-state index contributed by atoms with van der Waals surface area (Å²) in [5.74, 6) is -1.83. The summed E-state index contributed by atoms with van der Waals surface area (Å²) in [6, 6.07) is 8.83. The quantitative estimate of drug-likeness (QED) is 0.827. The maximum Gasteiger partial charge on any atom is 0.471 e. The van der Waals surface area contributed by atoms with Crippen molar-refractivity contribution in [2.75, 3.05) is 0 Å². The summed E-state index contributed by atoms with van der Waals surface area (Å²) in [5.41, 5.74) is 0.968. The lowest BCUT2D eigenvalue weighted by atomic mass is 10.1. The molecule has 0 radical (unpaired) electrons. The van der Waals surface area contributed by atoms with Gasteiger partial charge in [-0.1, -0.05) is 30.3 Å². The smallest absolute Gasteiger partial charge is 0.345 e. The highest BCUT2D eigenvalue weighted by atomic mass is 19.4. The van der Waals surface area contributed by atoms with Crippen molar-refractivity contribution in [1.29, 1.82) is 0 Å². The largest absolute Gasteiger partial charge is 0.471 e. The molecular weight excluding hydrogens is 219 g/mol. The highest BCUT2D eigenvalue weighted by Crippen LogP contribution is 2.41. The first kappa shape index (κ1) is 11.0. The van der Waals surface area contributed by atoms with Gasteiger partial charge in [-0.2, -0.15) is 13.2 Å². The van der Waals surface area contributed by atoms with Gasteiger partial charge in [0, 0.05) is 12.0 Å². The number of hydrogen-bond donors (Lipinski definition) is 1. The van der Waals surface area contributed by atoms with E-state index in [1.807, 2.05) is 35.6 Å². The highest BCUT2D eigenvalue weighted by Gasteiger charge is 2.46. The zero-order chi connectivity index (χ0) is 11.8. The molecule has 2 nitrogen and oxygen atoms in total. The lowest BCUT2D eigenvalue weighted by molar-refractivity contribution is -0.173. The monoisotopic (exact) mass is 229 g/mol. The van der Waals surface area contributed by atoms with Crippen LogP contribution in [0.4, 0.5) is 13.2 Å². The second kappa shape index (κ2) is 3.81. The van der Waals surface area contributed by atoms with E-state index < -0.39 is 12.1 Å². The van der Waals surface area contributed by atoms with Crippen LogP contribution < -0.4 is 5.32 Å². The zero-order valence-electron chi connectivity index (χ0n) is 8.29. The first-order chi connectivity index (χ1) is 7.48. The number of nitrogens with one attached hydrogen (secondary N) is 1. The van der Waals surface area contributed by atoms with Gasteiger partial charge in [0.2, 0.25) is 0 Å². The maximum atomic E-state index is 12.0. The predicted octanol–water partition coefficient (Wildman–Crippen LogP) is 2.22. The molecule has 1 amide bonds. The molecule has 2 rings (SSSR count). The highest BCUT2D eigenvalue weighted by molar-refractivity contribution is 5.82. The van der Waals surface area contributed by atoms with Crippen LogP contribution in [0.1, 0.15) is 17.9 Å². The number of hydrogen-bond acceptors (Lipinski definition) is 1. The summed E-state index contributed by atoms with van der Waals surface area (Å²) in [6.07, 6.45) is -4.21. The minimum atomic E-state index is -4.79. The number of benzene rings is 1. The number of alkyl halides is 3. The molecule has 0 aromatic heterocycles. The lowest BCUT2D eigenvalue weighted by Gasteiger charge is -2.07. The number of rotatable bonds is 2. The Morgan fingerprint density at radius 1 is 1.25 bits per heavy atom. The Balaban J connectivity index is 1.91. The van der Waals surface area contributed by atoms with Gasteiger partial charge in [-0.15, -0.1) is 0 Å². The summed E-state index contributed by atoms with van der Waals surface area (Å²) in [4.78, 5) is 10.7. The van der Waals surface area contributed by atoms with Crippen molar-refractivity contribution < 1.29 is 18.0 Å². The van der Waals surface area contributed by atoms with Crippen molar-refractivity contribution in [1.82, 2.24) is 5.32 Å². The number of carbonyl (C=O) groups excluding carboxylic acids is 1. The fourth-order valence-corrected chi connectivity index (χ4v) is 1.67. The summed E-state index contributed by atoms with van der Waals surface area (Å²) in [5, 5.41) is 1.98. The second-order valence-electron chi connectivity index (χ2n) is 3.83. The van der Waals surface area contributed by atoms with Crippen LogP contribution in [0.15, 0.2) is 30.3 Å². The van der Waals surface area contributed by atoms with Crippen molar-refractivity contribution in [3.63, 3.8) is 0 Å². The minimum absolute atomic E-state index is 0.0208. The van der Waals surface area contributed by atoms with Crippen molar-refractivity contribution in [2.45, 2.75) is 24.6 Å². The molecule has 0 aliphatic heterocycles. The van der Waals surface area contributed by atoms with Gasteiger partial charge in [-0.25, -0.2) is 0 Å². The van der Waals surface area contributed by atoms with E-state index in [9.17, 15) is 18.0 Å². The third-order valence-electron chi connectivity index (χ3n) is 2.59. The van der Waals surface area contributed by atoms with Gasteiger partial charge in [-0.05, 0) is 12.0 Å². The van der Waals surface area contributed by atoms with E-state index in [0.717, 1.165) is 5.56 Å². The van der Waals surface area contributed by atoms with Crippen molar-refractivity contribution >= 4 is 5.91 Å². The van der Waals surface area contributed by atoms with Gasteiger partial charge >= 0.3 is 12.1 Å². The van der Waals surface area contributed by atoms with Gasteiger partial charge in [0.1, 0.15) is 0 Å². The van der Waals surface area contributed by atoms with E-state index in [2.05, 4.69) is 0 Å². The van der Waals surface area contributed by atoms with Crippen LogP contribution in [0.2, 0.25) is 0 Å². The molecule has 1 aromatic rings. The summed E-state index contributed by atoms with van der Waals surface area (Å²) in [7, 11) is 0. The molecule has 16 heavy (non-hydrogen) atoms. The fraction of sp³-hybridized carbons (Fsp3) is 0.364. The Bertz CT molecular complexity index is 388. The summed E-state index contributed by atoms with van der Waals surface area (Å²) in [6.45, 7) is 0. The van der Waals surface area contributed by atoms with E-state index in [1.54, 1.807) is 0 Å². The molecule has 1 fully saturated rings. The van der Waals surface area contributed by atoms with E-state index in [4.69, 9.17) is 0 Å². The van der Waals surface area contributed by atoms with Gasteiger partial charge < -0.3 is 5.32 Å². The standard InChI is InChI=1S/C11H10F3NO/c12-11(13,14)10(16)15-9-6-8(9)7-4-2-1-3-5-7/h1-5,8-9H,6H2,(H,15,16)/t8-,9+/m0/s1. The molecule has 1 saturated carbocycles. The predicted molar refractivity (Wildman–Crippen MR) is 51.8 cm³/mol. The van der Waals surface area contributed by atoms with Crippen molar-refractivity contribution in [3.05, 3.63) is 35.9 Å². The van der Waals surface area contributed by atoms with E-state index in [0.29, 0.717) is 6.42 Å². The zero-order valence-corrected chi connectivity index (χ0v) is 8.29. The Morgan fingerprint density at radius 3 is 2.44 bits per heavy atom. The second-order valence-corrected chi connectivity index (χ2v) is 3.83.